The van der Waals surface area contributed by atoms with E-state index in [1.807, 2.05) is 6.07 Å². The molecule has 0 aliphatic heterocycles. The normalized spacial score (nSPS) is 12.2. The summed E-state index contributed by atoms with van der Waals surface area (Å²) in [5.74, 6) is 0.299. The first-order valence-corrected chi connectivity index (χ1v) is 13.3. The van der Waals surface area contributed by atoms with E-state index in [2.05, 4.69) is 81.1 Å². The van der Waals surface area contributed by atoms with Crippen molar-refractivity contribution < 1.29 is 14.6 Å². The average Bonchev–Trinajstić information content (AvgIpc) is 2.86. The number of guanidine groups is 1. The van der Waals surface area contributed by atoms with Gasteiger partial charge in [-0.25, -0.2) is 0 Å². The monoisotopic (exact) mass is 524 g/mol. The van der Waals surface area contributed by atoms with Gasteiger partial charge in [0.25, 0.3) is 5.91 Å². The van der Waals surface area contributed by atoms with E-state index >= 15 is 0 Å². The van der Waals surface area contributed by atoms with Gasteiger partial charge >= 0.3 is 0 Å². The van der Waals surface area contributed by atoms with Gasteiger partial charge in [0.1, 0.15) is 5.75 Å². The molecule has 0 fully saturated rings. The third-order valence-electron chi connectivity index (χ3n) is 5.91. The first kappa shape index (κ1) is 32.7. The molecule has 0 saturated heterocycles. The minimum absolute atomic E-state index is 0.0249. The Morgan fingerprint density at radius 1 is 0.974 bits per heavy atom. The quantitative estimate of drug-likeness (QED) is 0.150. The van der Waals surface area contributed by atoms with Crippen molar-refractivity contribution >= 4 is 17.6 Å². The number of rotatable bonds is 15. The summed E-state index contributed by atoms with van der Waals surface area (Å²) in [6.07, 6.45) is 13.1. The summed E-state index contributed by atoms with van der Waals surface area (Å²) < 4.78 is 5.68. The molecule has 0 atom stereocenters. The lowest BCUT2D eigenvalue weighted by molar-refractivity contribution is 0.0976. The molecule has 0 unspecified atom stereocenters. The van der Waals surface area contributed by atoms with E-state index in [9.17, 15) is 4.79 Å². The van der Waals surface area contributed by atoms with Gasteiger partial charge in [0.15, 0.2) is 5.96 Å². The number of aliphatic hydroxyl groups is 1. The van der Waals surface area contributed by atoms with Crippen molar-refractivity contribution in [3.63, 3.8) is 0 Å². The van der Waals surface area contributed by atoms with Gasteiger partial charge in [0, 0.05) is 18.7 Å². The predicted molar refractivity (Wildman–Crippen MR) is 161 cm³/mol. The number of nitrogens with two attached hydrogens (primary N) is 1. The number of benzene rings is 1. The van der Waals surface area contributed by atoms with Crippen LogP contribution in [0.2, 0.25) is 0 Å². The molecule has 0 aromatic heterocycles. The van der Waals surface area contributed by atoms with Crippen LogP contribution >= 0.6 is 0 Å². The van der Waals surface area contributed by atoms with Gasteiger partial charge in [-0.1, -0.05) is 46.6 Å². The lowest BCUT2D eigenvalue weighted by Crippen LogP contribution is -2.37. The van der Waals surface area contributed by atoms with Crippen LogP contribution in [-0.2, 0) is 0 Å². The highest BCUT2D eigenvalue weighted by molar-refractivity contribution is 6.05. The van der Waals surface area contributed by atoms with E-state index in [0.29, 0.717) is 24.4 Å². The fourth-order valence-corrected chi connectivity index (χ4v) is 3.66. The fraction of sp³-hybridized carbons (Fsp3) is 0.484. The zero-order valence-electron chi connectivity index (χ0n) is 24.4. The van der Waals surface area contributed by atoms with Gasteiger partial charge in [0.2, 0.25) is 0 Å². The third kappa shape index (κ3) is 13.3. The molecule has 1 aromatic carbocycles. The number of carbonyl (C=O) groups excluding carboxylic acids is 1. The van der Waals surface area contributed by atoms with Crippen molar-refractivity contribution in [1.29, 1.82) is 0 Å². The smallest absolute Gasteiger partial charge is 0.258 e. The summed E-state index contributed by atoms with van der Waals surface area (Å²) in [5, 5.41) is 11.5. The summed E-state index contributed by atoms with van der Waals surface area (Å²) in [6.45, 7) is 14.2. The number of methoxy groups -OCH3 is 1. The number of aliphatic imine (C=N–C) groups is 1. The van der Waals surface area contributed by atoms with Crippen LogP contribution in [0, 0.1) is 0 Å². The molecule has 7 heteroatoms. The third-order valence-corrected chi connectivity index (χ3v) is 5.91. The Morgan fingerprint density at radius 3 is 2.00 bits per heavy atom. The predicted octanol–water partition coefficient (Wildman–Crippen LogP) is 5.92. The highest BCUT2D eigenvalue weighted by Crippen LogP contribution is 2.30. The highest BCUT2D eigenvalue weighted by atomic mass is 16.5. The largest absolute Gasteiger partial charge is 0.495 e. The van der Waals surface area contributed by atoms with Crippen molar-refractivity contribution in [2.75, 3.05) is 38.3 Å². The Kier molecular flexibility index (Phi) is 15.5. The molecule has 7 nitrogen and oxygen atoms in total. The van der Waals surface area contributed by atoms with Crippen molar-refractivity contribution in [3.8, 4) is 5.75 Å². The summed E-state index contributed by atoms with van der Waals surface area (Å²) in [7, 11) is 1.64. The molecule has 38 heavy (non-hydrogen) atoms. The Bertz CT molecular complexity index is 1000. The van der Waals surface area contributed by atoms with Crippen molar-refractivity contribution in [2.45, 2.75) is 67.2 Å². The van der Waals surface area contributed by atoms with Crippen LogP contribution in [0.4, 0.5) is 5.69 Å². The van der Waals surface area contributed by atoms with Gasteiger partial charge in [-0.15, -0.1) is 0 Å². The number of amides is 1. The van der Waals surface area contributed by atoms with Crippen molar-refractivity contribution in [1.82, 2.24) is 5.32 Å². The number of hydrogen-bond donors (Lipinski definition) is 3. The molecule has 0 saturated carbocycles. The number of hydrogen-bond acceptors (Lipinski definition) is 5. The highest BCUT2D eigenvalue weighted by Gasteiger charge is 2.16. The van der Waals surface area contributed by atoms with E-state index in [0.717, 1.165) is 31.4 Å². The number of anilines is 1. The van der Waals surface area contributed by atoms with Gasteiger partial charge in [-0.05, 0) is 85.4 Å². The molecule has 0 aliphatic carbocycles. The number of aliphatic hydroxyl groups excluding tert-OH is 1. The molecule has 1 amide bonds. The summed E-state index contributed by atoms with van der Waals surface area (Å²) >= 11 is 0. The molecule has 1 aromatic rings. The number of carbonyl (C=O) groups is 1. The topological polar surface area (TPSA) is 100 Å². The molecular weight excluding hydrogens is 476 g/mol. The molecule has 0 heterocycles. The fourth-order valence-electron chi connectivity index (χ4n) is 3.66. The molecule has 0 radical (unpaired) electrons. The maximum Gasteiger partial charge on any atom is 0.258 e. The zero-order chi connectivity index (χ0) is 28.5. The number of nitrogens with one attached hydrogen (secondary N) is 1. The van der Waals surface area contributed by atoms with Gasteiger partial charge < -0.3 is 20.5 Å². The van der Waals surface area contributed by atoms with Crippen LogP contribution in [0.15, 0.2) is 69.8 Å². The summed E-state index contributed by atoms with van der Waals surface area (Å²) in [4.78, 5) is 19.0. The van der Waals surface area contributed by atoms with Crippen LogP contribution in [0.1, 0.15) is 77.6 Å². The summed E-state index contributed by atoms with van der Waals surface area (Å²) in [5.41, 5.74) is 12.3. The Labute approximate surface area is 229 Å². The van der Waals surface area contributed by atoms with Crippen LogP contribution in [0.5, 0.6) is 5.75 Å². The first-order chi connectivity index (χ1) is 18.1. The minimum Gasteiger partial charge on any atom is -0.495 e. The van der Waals surface area contributed by atoms with E-state index < -0.39 is 0 Å². The second-order valence-corrected chi connectivity index (χ2v) is 9.98. The Morgan fingerprint density at radius 2 is 1.53 bits per heavy atom. The number of ether oxygens (including phenoxy) is 1. The van der Waals surface area contributed by atoms with Gasteiger partial charge in [-0.2, -0.15) is 0 Å². The van der Waals surface area contributed by atoms with Gasteiger partial charge in [0.05, 0.1) is 25.9 Å². The lowest BCUT2D eigenvalue weighted by atomic mass is 10.1. The molecule has 0 spiro atoms. The van der Waals surface area contributed by atoms with Crippen LogP contribution in [0.25, 0.3) is 0 Å². The van der Waals surface area contributed by atoms with E-state index in [1.165, 1.54) is 22.3 Å². The SMILES string of the molecule is COc1ccc(C(=O)NC(N)=NCCO)cc1N(CC=C(C)CCC=C(C)C)CC=C(C)CCC=C(C)C. The molecule has 4 N–H and O–H groups in total. The van der Waals surface area contributed by atoms with E-state index in [1.54, 1.807) is 19.2 Å². The first-order valence-electron chi connectivity index (χ1n) is 13.3. The minimum atomic E-state index is -0.366. The lowest BCUT2D eigenvalue weighted by Gasteiger charge is -2.25. The average molecular weight is 525 g/mol. The molecule has 210 valence electrons. The number of nitrogens with zero attached hydrogens (tertiary/aromatic N) is 2. The zero-order valence-corrected chi connectivity index (χ0v) is 24.4. The molecular formula is C31H48N4O3. The standard InChI is InChI=1S/C31H48N4O3/c1-23(2)10-8-12-25(5)16-19-35(20-17-26(6)13-9-11-24(3)4)28-22-27(14-15-29(28)38-7)30(37)34-31(32)33-18-21-36/h10-11,14-17,22,36H,8-9,12-13,18-21H2,1-7H3,(H3,32,33,34,37). The Hall–Kier alpha value is -3.32. The van der Waals surface area contributed by atoms with Gasteiger partial charge in [-0.3, -0.25) is 15.1 Å². The second kappa shape index (κ2) is 18.0. The maximum absolute atomic E-state index is 12.8. The second-order valence-electron chi connectivity index (χ2n) is 9.98. The van der Waals surface area contributed by atoms with Crippen LogP contribution in [-0.4, -0.2) is 50.3 Å². The summed E-state index contributed by atoms with van der Waals surface area (Å²) in [6, 6.07) is 5.33. The molecule has 0 aliphatic rings. The van der Waals surface area contributed by atoms with Crippen LogP contribution < -0.4 is 20.7 Å². The van der Waals surface area contributed by atoms with Crippen LogP contribution in [0.3, 0.4) is 0 Å². The van der Waals surface area contributed by atoms with E-state index in [-0.39, 0.29) is 25.0 Å². The van der Waals surface area contributed by atoms with E-state index in [4.69, 9.17) is 15.6 Å². The number of allylic oxidation sites excluding steroid dienone is 6. The van der Waals surface area contributed by atoms with Crippen molar-refractivity contribution in [3.05, 3.63) is 70.4 Å². The maximum atomic E-state index is 12.8. The molecule has 0 bridgehead atoms. The molecule has 1 rings (SSSR count). The van der Waals surface area contributed by atoms with Crippen molar-refractivity contribution in [2.24, 2.45) is 10.7 Å². The Balaban J connectivity index is 3.27.